The Kier molecular flexibility index (Phi) is 4.15. The van der Waals surface area contributed by atoms with Gasteiger partial charge in [-0.05, 0) is 36.3 Å². The molecule has 0 saturated carbocycles. The molecule has 0 spiro atoms. The van der Waals surface area contributed by atoms with Crippen LogP contribution in [0.2, 0.25) is 0 Å². The number of hydrogen-bond donors (Lipinski definition) is 2. The predicted molar refractivity (Wildman–Crippen MR) is 75.6 cm³/mol. The highest BCUT2D eigenvalue weighted by Crippen LogP contribution is 2.34. The van der Waals surface area contributed by atoms with Crippen LogP contribution in [0.4, 0.5) is 0 Å². The van der Waals surface area contributed by atoms with Crippen molar-refractivity contribution in [1.82, 2.24) is 10.6 Å². The lowest BCUT2D eigenvalue weighted by atomic mass is 9.87. The van der Waals surface area contributed by atoms with Gasteiger partial charge in [-0.2, -0.15) is 0 Å². The Balaban J connectivity index is 1.56. The summed E-state index contributed by atoms with van der Waals surface area (Å²) in [5.41, 5.74) is 1.25. The fraction of sp³-hybridized carbons (Fsp3) is 0.643. The van der Waals surface area contributed by atoms with Gasteiger partial charge >= 0.3 is 0 Å². The fourth-order valence-electron chi connectivity index (χ4n) is 2.85. The van der Waals surface area contributed by atoms with Crippen molar-refractivity contribution in [1.29, 1.82) is 0 Å². The topological polar surface area (TPSA) is 50.4 Å². The molecular weight excluding hydrogens is 260 g/mol. The molecule has 1 aromatic rings. The molecule has 1 amide bonds. The smallest absolute Gasteiger partial charge is 0.227 e. The Hall–Kier alpha value is -0.910. The molecule has 2 aliphatic rings. The van der Waals surface area contributed by atoms with Gasteiger partial charge in [-0.3, -0.25) is 4.79 Å². The van der Waals surface area contributed by atoms with Gasteiger partial charge < -0.3 is 15.4 Å². The normalized spacial score (nSPS) is 26.7. The minimum Gasteiger partial charge on any atom is -0.374 e. The number of morpholine rings is 1. The van der Waals surface area contributed by atoms with E-state index in [-0.39, 0.29) is 17.9 Å². The van der Waals surface area contributed by atoms with E-state index in [1.807, 2.05) is 0 Å². The van der Waals surface area contributed by atoms with Crippen molar-refractivity contribution in [3.8, 4) is 0 Å². The average Bonchev–Trinajstić information content (AvgIpc) is 2.94. The van der Waals surface area contributed by atoms with Gasteiger partial charge in [0.1, 0.15) is 0 Å². The minimum absolute atomic E-state index is 0.0477. The van der Waals surface area contributed by atoms with Gasteiger partial charge in [0, 0.05) is 24.5 Å². The van der Waals surface area contributed by atoms with Crippen LogP contribution < -0.4 is 10.6 Å². The molecule has 1 aromatic heterocycles. The second kappa shape index (κ2) is 6.03. The van der Waals surface area contributed by atoms with Crippen molar-refractivity contribution >= 4 is 17.2 Å². The third kappa shape index (κ3) is 2.99. The Morgan fingerprint density at radius 2 is 2.53 bits per heavy atom. The highest BCUT2D eigenvalue weighted by molar-refractivity contribution is 7.10. The van der Waals surface area contributed by atoms with Gasteiger partial charge in [-0.25, -0.2) is 0 Å². The van der Waals surface area contributed by atoms with E-state index in [1.165, 1.54) is 10.4 Å². The molecule has 19 heavy (non-hydrogen) atoms. The summed E-state index contributed by atoms with van der Waals surface area (Å²) < 4.78 is 5.59. The summed E-state index contributed by atoms with van der Waals surface area (Å²) in [6, 6.07) is 2.11. The maximum atomic E-state index is 12.3. The lowest BCUT2D eigenvalue weighted by molar-refractivity contribution is -0.123. The standard InChI is InChI=1S/C14H20N2O2S/c17-14(16-9-10-8-15-5-6-18-10)12-2-1-3-13-11(12)4-7-19-13/h4,7,10,12,15H,1-3,5-6,8-9H2,(H,16,17). The minimum atomic E-state index is 0.0477. The first-order chi connectivity index (χ1) is 9.34. The van der Waals surface area contributed by atoms with E-state index >= 15 is 0 Å². The number of carbonyl (C=O) groups excluding carboxylic acids is 1. The number of nitrogens with one attached hydrogen (secondary N) is 2. The van der Waals surface area contributed by atoms with Crippen molar-refractivity contribution < 1.29 is 9.53 Å². The van der Waals surface area contributed by atoms with E-state index in [9.17, 15) is 4.79 Å². The second-order valence-electron chi connectivity index (χ2n) is 5.19. The Morgan fingerprint density at radius 3 is 3.37 bits per heavy atom. The van der Waals surface area contributed by atoms with Crippen molar-refractivity contribution in [2.45, 2.75) is 31.3 Å². The molecule has 0 bridgehead atoms. The maximum absolute atomic E-state index is 12.3. The van der Waals surface area contributed by atoms with Crippen LogP contribution >= 0.6 is 11.3 Å². The quantitative estimate of drug-likeness (QED) is 0.877. The molecule has 4 nitrogen and oxygen atoms in total. The first-order valence-corrected chi connectivity index (χ1v) is 7.89. The molecule has 1 fully saturated rings. The number of rotatable bonds is 3. The molecule has 2 unspecified atom stereocenters. The van der Waals surface area contributed by atoms with Crippen molar-refractivity contribution in [3.05, 3.63) is 21.9 Å². The van der Waals surface area contributed by atoms with Crippen LogP contribution in [-0.4, -0.2) is 38.3 Å². The van der Waals surface area contributed by atoms with Crippen LogP contribution in [0.5, 0.6) is 0 Å². The molecule has 0 aromatic carbocycles. The van der Waals surface area contributed by atoms with E-state index in [1.54, 1.807) is 11.3 Å². The summed E-state index contributed by atoms with van der Waals surface area (Å²) in [5, 5.41) is 8.43. The van der Waals surface area contributed by atoms with E-state index in [4.69, 9.17) is 4.74 Å². The summed E-state index contributed by atoms with van der Waals surface area (Å²) in [6.45, 7) is 3.08. The number of carbonyl (C=O) groups is 1. The number of hydrogen-bond acceptors (Lipinski definition) is 4. The van der Waals surface area contributed by atoms with Gasteiger partial charge in [0.15, 0.2) is 0 Å². The lowest BCUT2D eigenvalue weighted by Crippen LogP contribution is -2.46. The molecule has 5 heteroatoms. The molecule has 1 aliphatic heterocycles. The fourth-order valence-corrected chi connectivity index (χ4v) is 3.83. The van der Waals surface area contributed by atoms with Gasteiger partial charge in [0.25, 0.3) is 0 Å². The molecule has 104 valence electrons. The molecule has 2 heterocycles. The zero-order valence-corrected chi connectivity index (χ0v) is 11.8. The summed E-state index contributed by atoms with van der Waals surface area (Å²) >= 11 is 1.78. The number of aryl methyl sites for hydroxylation is 1. The van der Waals surface area contributed by atoms with E-state index < -0.39 is 0 Å². The van der Waals surface area contributed by atoms with E-state index in [0.717, 1.165) is 39.0 Å². The molecule has 2 atom stereocenters. The Morgan fingerprint density at radius 1 is 1.58 bits per heavy atom. The van der Waals surface area contributed by atoms with Gasteiger partial charge in [0.05, 0.1) is 18.6 Å². The predicted octanol–water partition coefficient (Wildman–Crippen LogP) is 1.27. The van der Waals surface area contributed by atoms with Crippen LogP contribution in [0.3, 0.4) is 0 Å². The number of ether oxygens (including phenoxy) is 1. The first-order valence-electron chi connectivity index (χ1n) is 7.01. The lowest BCUT2D eigenvalue weighted by Gasteiger charge is -2.26. The van der Waals surface area contributed by atoms with Gasteiger partial charge in [-0.1, -0.05) is 0 Å². The van der Waals surface area contributed by atoms with Crippen LogP contribution in [0.15, 0.2) is 11.4 Å². The summed E-state index contributed by atoms with van der Waals surface area (Å²) in [4.78, 5) is 13.7. The van der Waals surface area contributed by atoms with Crippen LogP contribution in [-0.2, 0) is 16.0 Å². The van der Waals surface area contributed by atoms with Crippen molar-refractivity contribution in [2.24, 2.45) is 0 Å². The highest BCUT2D eigenvalue weighted by atomic mass is 32.1. The average molecular weight is 280 g/mol. The first kappa shape index (κ1) is 13.1. The van der Waals surface area contributed by atoms with Gasteiger partial charge in [-0.15, -0.1) is 11.3 Å². The number of amides is 1. The van der Waals surface area contributed by atoms with Crippen molar-refractivity contribution in [3.63, 3.8) is 0 Å². The highest BCUT2D eigenvalue weighted by Gasteiger charge is 2.27. The monoisotopic (exact) mass is 280 g/mol. The summed E-state index contributed by atoms with van der Waals surface area (Å²) in [6.07, 6.45) is 3.34. The summed E-state index contributed by atoms with van der Waals surface area (Å²) in [5.74, 6) is 0.208. The molecule has 2 N–H and O–H groups in total. The zero-order chi connectivity index (χ0) is 13.1. The molecule has 3 rings (SSSR count). The molecule has 1 aliphatic carbocycles. The SMILES string of the molecule is O=C(NCC1CNCCO1)C1CCCc2sccc21. The zero-order valence-electron chi connectivity index (χ0n) is 11.0. The molecule has 0 radical (unpaired) electrons. The van der Waals surface area contributed by atoms with Crippen LogP contribution in [0, 0.1) is 0 Å². The second-order valence-corrected chi connectivity index (χ2v) is 6.19. The number of thiophene rings is 1. The Labute approximate surface area is 117 Å². The number of fused-ring (bicyclic) bond motifs is 1. The Bertz CT molecular complexity index is 440. The molecular formula is C14H20N2O2S. The maximum Gasteiger partial charge on any atom is 0.227 e. The molecule has 1 saturated heterocycles. The van der Waals surface area contributed by atoms with Crippen molar-refractivity contribution in [2.75, 3.05) is 26.2 Å². The third-order valence-electron chi connectivity index (χ3n) is 3.88. The van der Waals surface area contributed by atoms with Gasteiger partial charge in [0.2, 0.25) is 5.91 Å². The third-order valence-corrected chi connectivity index (χ3v) is 4.87. The summed E-state index contributed by atoms with van der Waals surface area (Å²) in [7, 11) is 0. The van der Waals surface area contributed by atoms with E-state index in [0.29, 0.717) is 6.54 Å². The largest absolute Gasteiger partial charge is 0.374 e. The van der Waals surface area contributed by atoms with Crippen LogP contribution in [0.1, 0.15) is 29.2 Å². The van der Waals surface area contributed by atoms with E-state index in [2.05, 4.69) is 22.1 Å². The van der Waals surface area contributed by atoms with Crippen LogP contribution in [0.25, 0.3) is 0 Å².